The SMILES string of the molecule is CCOc1cccc(N)c1C(=O)c1ccc(F)cc1F. The van der Waals surface area contributed by atoms with Gasteiger partial charge in [0.15, 0.2) is 0 Å². The molecule has 0 amide bonds. The van der Waals surface area contributed by atoms with Crippen molar-refractivity contribution in [3.05, 3.63) is 59.2 Å². The Morgan fingerprint density at radius 1 is 1.25 bits per heavy atom. The van der Waals surface area contributed by atoms with Gasteiger partial charge in [0, 0.05) is 11.8 Å². The first-order chi connectivity index (χ1) is 9.54. The molecule has 5 heteroatoms. The summed E-state index contributed by atoms with van der Waals surface area (Å²) < 4.78 is 31.9. The normalized spacial score (nSPS) is 10.3. The molecule has 0 spiro atoms. The third kappa shape index (κ3) is 2.61. The van der Waals surface area contributed by atoms with Crippen LogP contribution in [0, 0.1) is 11.6 Å². The molecule has 0 atom stereocenters. The zero-order valence-electron chi connectivity index (χ0n) is 10.8. The lowest BCUT2D eigenvalue weighted by atomic mass is 10.00. The molecule has 0 aliphatic carbocycles. The maximum absolute atomic E-state index is 13.7. The Balaban J connectivity index is 2.53. The topological polar surface area (TPSA) is 52.3 Å². The molecule has 2 aromatic rings. The van der Waals surface area contributed by atoms with E-state index >= 15 is 0 Å². The Morgan fingerprint density at radius 2 is 2.00 bits per heavy atom. The number of nitrogen functional groups attached to an aromatic ring is 1. The molecule has 0 heterocycles. The number of hydrogen-bond donors (Lipinski definition) is 1. The maximum Gasteiger partial charge on any atom is 0.201 e. The van der Waals surface area contributed by atoms with Gasteiger partial charge in [-0.05, 0) is 31.2 Å². The summed E-state index contributed by atoms with van der Waals surface area (Å²) in [5, 5.41) is 0. The van der Waals surface area contributed by atoms with Crippen molar-refractivity contribution in [3.8, 4) is 5.75 Å². The lowest BCUT2D eigenvalue weighted by Gasteiger charge is -2.12. The highest BCUT2D eigenvalue weighted by molar-refractivity contribution is 6.14. The minimum Gasteiger partial charge on any atom is -0.493 e. The highest BCUT2D eigenvalue weighted by atomic mass is 19.1. The van der Waals surface area contributed by atoms with Gasteiger partial charge in [-0.15, -0.1) is 0 Å². The Kier molecular flexibility index (Phi) is 3.98. The molecule has 0 bridgehead atoms. The van der Waals surface area contributed by atoms with Crippen LogP contribution in [0.4, 0.5) is 14.5 Å². The van der Waals surface area contributed by atoms with Gasteiger partial charge in [0.05, 0.1) is 17.7 Å². The van der Waals surface area contributed by atoms with Gasteiger partial charge in [0.1, 0.15) is 17.4 Å². The van der Waals surface area contributed by atoms with Crippen molar-refractivity contribution < 1.29 is 18.3 Å². The second-order valence-corrected chi connectivity index (χ2v) is 4.11. The van der Waals surface area contributed by atoms with Crippen LogP contribution in [0.3, 0.4) is 0 Å². The molecule has 0 aliphatic rings. The lowest BCUT2D eigenvalue weighted by Crippen LogP contribution is -2.10. The van der Waals surface area contributed by atoms with Crippen molar-refractivity contribution in [2.24, 2.45) is 0 Å². The summed E-state index contributed by atoms with van der Waals surface area (Å²) in [7, 11) is 0. The second-order valence-electron chi connectivity index (χ2n) is 4.11. The van der Waals surface area contributed by atoms with Crippen LogP contribution in [0.5, 0.6) is 5.75 Å². The van der Waals surface area contributed by atoms with Crippen molar-refractivity contribution in [2.45, 2.75) is 6.92 Å². The van der Waals surface area contributed by atoms with Crippen molar-refractivity contribution in [3.63, 3.8) is 0 Å². The fraction of sp³-hybridized carbons (Fsp3) is 0.133. The number of hydrogen-bond acceptors (Lipinski definition) is 3. The molecular formula is C15H13F2NO2. The second kappa shape index (κ2) is 5.69. The third-order valence-electron chi connectivity index (χ3n) is 2.76. The Hall–Kier alpha value is -2.43. The van der Waals surface area contributed by atoms with Crippen LogP contribution >= 0.6 is 0 Å². The van der Waals surface area contributed by atoms with E-state index in [4.69, 9.17) is 10.5 Å². The quantitative estimate of drug-likeness (QED) is 0.689. The first kappa shape index (κ1) is 14.0. The van der Waals surface area contributed by atoms with E-state index in [-0.39, 0.29) is 22.6 Å². The number of nitrogens with two attached hydrogens (primary N) is 1. The first-order valence-corrected chi connectivity index (χ1v) is 6.05. The smallest absolute Gasteiger partial charge is 0.201 e. The van der Waals surface area contributed by atoms with Crippen LogP contribution in [-0.2, 0) is 0 Å². The third-order valence-corrected chi connectivity index (χ3v) is 2.76. The molecule has 0 saturated heterocycles. The average molecular weight is 277 g/mol. The van der Waals surface area contributed by atoms with Gasteiger partial charge in [-0.25, -0.2) is 8.78 Å². The predicted octanol–water partition coefficient (Wildman–Crippen LogP) is 3.18. The van der Waals surface area contributed by atoms with E-state index in [0.717, 1.165) is 12.1 Å². The largest absolute Gasteiger partial charge is 0.493 e. The van der Waals surface area contributed by atoms with E-state index in [1.54, 1.807) is 19.1 Å². The van der Waals surface area contributed by atoms with Crippen molar-refractivity contribution in [1.29, 1.82) is 0 Å². The fourth-order valence-electron chi connectivity index (χ4n) is 1.88. The van der Waals surface area contributed by atoms with Crippen LogP contribution in [0.1, 0.15) is 22.8 Å². The van der Waals surface area contributed by atoms with Gasteiger partial charge in [0.25, 0.3) is 0 Å². The van der Waals surface area contributed by atoms with Crippen molar-refractivity contribution in [1.82, 2.24) is 0 Å². The lowest BCUT2D eigenvalue weighted by molar-refractivity contribution is 0.103. The van der Waals surface area contributed by atoms with E-state index in [9.17, 15) is 13.6 Å². The Bertz CT molecular complexity index is 656. The minimum atomic E-state index is -0.930. The molecule has 0 saturated carbocycles. The molecule has 2 N–H and O–H groups in total. The minimum absolute atomic E-state index is 0.0832. The molecule has 0 aliphatic heterocycles. The molecule has 2 rings (SSSR count). The van der Waals surface area contributed by atoms with Gasteiger partial charge >= 0.3 is 0 Å². The van der Waals surface area contributed by atoms with E-state index in [0.29, 0.717) is 12.7 Å². The molecule has 0 aromatic heterocycles. The number of rotatable bonds is 4. The fourth-order valence-corrected chi connectivity index (χ4v) is 1.88. The monoisotopic (exact) mass is 277 g/mol. The zero-order valence-corrected chi connectivity index (χ0v) is 10.8. The van der Waals surface area contributed by atoms with Crippen LogP contribution in [0.15, 0.2) is 36.4 Å². The molecule has 0 fully saturated rings. The van der Waals surface area contributed by atoms with Crippen molar-refractivity contribution >= 4 is 11.5 Å². The van der Waals surface area contributed by atoms with Gasteiger partial charge in [0.2, 0.25) is 5.78 Å². The Morgan fingerprint density at radius 3 is 2.65 bits per heavy atom. The summed E-state index contributed by atoms with van der Waals surface area (Å²) in [6, 6.07) is 7.52. The van der Waals surface area contributed by atoms with Gasteiger partial charge in [-0.3, -0.25) is 4.79 Å². The summed E-state index contributed by atoms with van der Waals surface area (Å²) in [4.78, 5) is 12.4. The first-order valence-electron chi connectivity index (χ1n) is 6.05. The number of anilines is 1. The highest BCUT2D eigenvalue weighted by Gasteiger charge is 2.21. The van der Waals surface area contributed by atoms with Crippen LogP contribution in [0.25, 0.3) is 0 Å². The van der Waals surface area contributed by atoms with E-state index in [2.05, 4.69) is 0 Å². The molecule has 0 radical (unpaired) electrons. The van der Waals surface area contributed by atoms with Crippen LogP contribution < -0.4 is 10.5 Å². The summed E-state index contributed by atoms with van der Waals surface area (Å²) in [5.74, 6) is -2.03. The predicted molar refractivity (Wildman–Crippen MR) is 71.8 cm³/mol. The van der Waals surface area contributed by atoms with Gasteiger partial charge in [-0.1, -0.05) is 6.07 Å². The van der Waals surface area contributed by atoms with E-state index < -0.39 is 17.4 Å². The molecule has 2 aromatic carbocycles. The highest BCUT2D eigenvalue weighted by Crippen LogP contribution is 2.28. The zero-order chi connectivity index (χ0) is 14.7. The van der Waals surface area contributed by atoms with Gasteiger partial charge < -0.3 is 10.5 Å². The molecular weight excluding hydrogens is 264 g/mol. The molecule has 104 valence electrons. The standard InChI is InChI=1S/C15H13F2NO2/c1-2-20-13-5-3-4-12(18)14(13)15(19)10-7-6-9(16)8-11(10)17/h3-8H,2,18H2,1H3. The Labute approximate surface area is 115 Å². The molecule has 0 unspecified atom stereocenters. The van der Waals surface area contributed by atoms with E-state index in [1.807, 2.05) is 0 Å². The summed E-state index contributed by atoms with van der Waals surface area (Å²) in [6.07, 6.45) is 0. The summed E-state index contributed by atoms with van der Waals surface area (Å²) in [5.41, 5.74) is 5.80. The number of halogens is 2. The van der Waals surface area contributed by atoms with Crippen LogP contribution in [0.2, 0.25) is 0 Å². The summed E-state index contributed by atoms with van der Waals surface area (Å²) >= 11 is 0. The van der Waals surface area contributed by atoms with Gasteiger partial charge in [-0.2, -0.15) is 0 Å². The number of carbonyl (C=O) groups excluding carboxylic acids is 1. The maximum atomic E-state index is 13.7. The average Bonchev–Trinajstić information content (AvgIpc) is 2.38. The molecule has 3 nitrogen and oxygen atoms in total. The molecule has 20 heavy (non-hydrogen) atoms. The van der Waals surface area contributed by atoms with E-state index in [1.165, 1.54) is 6.07 Å². The number of ketones is 1. The van der Waals surface area contributed by atoms with Crippen LogP contribution in [-0.4, -0.2) is 12.4 Å². The number of benzene rings is 2. The number of ether oxygens (including phenoxy) is 1. The van der Waals surface area contributed by atoms with Crippen molar-refractivity contribution in [2.75, 3.05) is 12.3 Å². The summed E-state index contributed by atoms with van der Waals surface area (Å²) in [6.45, 7) is 2.10. The number of carbonyl (C=O) groups is 1.